The van der Waals surface area contributed by atoms with Crippen molar-refractivity contribution >= 4 is 0 Å². The van der Waals surface area contributed by atoms with Crippen LogP contribution in [0.25, 0.3) is 0 Å². The van der Waals surface area contributed by atoms with E-state index < -0.39 is 0 Å². The fourth-order valence-electron chi connectivity index (χ4n) is 2.36. The van der Waals surface area contributed by atoms with E-state index in [1.54, 1.807) is 0 Å². The van der Waals surface area contributed by atoms with Gasteiger partial charge in [-0.25, -0.2) is 0 Å². The zero-order valence-corrected chi connectivity index (χ0v) is 8.96. The summed E-state index contributed by atoms with van der Waals surface area (Å²) >= 11 is 0. The molecular weight excluding hydrogens is 172 g/mol. The highest BCUT2D eigenvalue weighted by atomic mass is 15.0. The van der Waals surface area contributed by atoms with E-state index >= 15 is 0 Å². The van der Waals surface area contributed by atoms with Crippen LogP contribution in [-0.4, -0.2) is 11.5 Å². The molecule has 76 valence electrons. The highest BCUT2D eigenvalue weighted by Crippen LogP contribution is 2.32. The van der Waals surface area contributed by atoms with Gasteiger partial charge < -0.3 is 5.32 Å². The Labute approximate surface area is 85.7 Å². The first kappa shape index (κ1) is 9.66. The molecule has 0 bridgehead atoms. The maximum absolute atomic E-state index is 4.22. The van der Waals surface area contributed by atoms with Gasteiger partial charge in [0.05, 0.1) is 0 Å². The molecule has 0 saturated carbocycles. The number of aromatic nitrogens is 1. The van der Waals surface area contributed by atoms with Gasteiger partial charge in [-0.15, -0.1) is 0 Å². The Morgan fingerprint density at radius 1 is 1.57 bits per heavy atom. The number of pyridine rings is 1. The third kappa shape index (κ3) is 1.67. The van der Waals surface area contributed by atoms with Crippen molar-refractivity contribution in [3.8, 4) is 0 Å². The standard InChI is InChI=1S/C12H18N2/c1-3-10-5-7-14-12(10)11-8-13-6-4-9(11)2/h4,6,8,10,12,14H,3,5,7H2,1-2H3. The van der Waals surface area contributed by atoms with E-state index in [1.807, 2.05) is 12.4 Å². The molecule has 1 aromatic heterocycles. The van der Waals surface area contributed by atoms with Crippen LogP contribution in [0.15, 0.2) is 18.5 Å². The van der Waals surface area contributed by atoms with Gasteiger partial charge in [0.25, 0.3) is 0 Å². The predicted molar refractivity (Wildman–Crippen MR) is 58.1 cm³/mol. The van der Waals surface area contributed by atoms with Crippen molar-refractivity contribution in [2.45, 2.75) is 32.7 Å². The third-order valence-corrected chi connectivity index (χ3v) is 3.29. The van der Waals surface area contributed by atoms with E-state index in [4.69, 9.17) is 0 Å². The predicted octanol–water partition coefficient (Wildman–Crippen LogP) is 2.45. The summed E-state index contributed by atoms with van der Waals surface area (Å²) in [6.45, 7) is 5.59. The summed E-state index contributed by atoms with van der Waals surface area (Å²) in [5.41, 5.74) is 2.75. The maximum atomic E-state index is 4.22. The highest BCUT2D eigenvalue weighted by Gasteiger charge is 2.27. The van der Waals surface area contributed by atoms with E-state index in [-0.39, 0.29) is 0 Å². The van der Waals surface area contributed by atoms with Gasteiger partial charge in [0.2, 0.25) is 0 Å². The molecule has 1 aliphatic rings. The van der Waals surface area contributed by atoms with Crippen molar-refractivity contribution < 1.29 is 0 Å². The third-order valence-electron chi connectivity index (χ3n) is 3.29. The molecular formula is C12H18N2. The smallest absolute Gasteiger partial charge is 0.0366 e. The number of rotatable bonds is 2. The van der Waals surface area contributed by atoms with Crippen LogP contribution < -0.4 is 5.32 Å². The van der Waals surface area contributed by atoms with E-state index in [2.05, 4.69) is 30.2 Å². The fraction of sp³-hybridized carbons (Fsp3) is 0.583. The Hall–Kier alpha value is -0.890. The maximum Gasteiger partial charge on any atom is 0.0366 e. The van der Waals surface area contributed by atoms with Gasteiger partial charge in [-0.05, 0) is 43.0 Å². The SMILES string of the molecule is CCC1CCNC1c1cnccc1C. The quantitative estimate of drug-likeness (QED) is 0.775. The van der Waals surface area contributed by atoms with E-state index in [0.717, 1.165) is 12.5 Å². The van der Waals surface area contributed by atoms with Gasteiger partial charge in [0.15, 0.2) is 0 Å². The number of nitrogens with zero attached hydrogens (tertiary/aromatic N) is 1. The topological polar surface area (TPSA) is 24.9 Å². The Morgan fingerprint density at radius 3 is 3.14 bits per heavy atom. The Balaban J connectivity index is 2.26. The molecule has 0 amide bonds. The molecule has 2 heteroatoms. The van der Waals surface area contributed by atoms with Crippen molar-refractivity contribution in [2.24, 2.45) is 5.92 Å². The zero-order valence-electron chi connectivity index (χ0n) is 8.96. The van der Waals surface area contributed by atoms with Crippen molar-refractivity contribution in [3.63, 3.8) is 0 Å². The molecule has 1 N–H and O–H groups in total. The summed E-state index contributed by atoms with van der Waals surface area (Å²) in [4.78, 5) is 4.22. The van der Waals surface area contributed by atoms with Crippen LogP contribution in [0.2, 0.25) is 0 Å². The average Bonchev–Trinajstić information content (AvgIpc) is 2.66. The van der Waals surface area contributed by atoms with Crippen molar-refractivity contribution in [1.82, 2.24) is 10.3 Å². The largest absolute Gasteiger partial charge is 0.310 e. The van der Waals surface area contributed by atoms with E-state index in [9.17, 15) is 0 Å². The number of hydrogen-bond donors (Lipinski definition) is 1. The molecule has 0 aliphatic carbocycles. The number of nitrogens with one attached hydrogen (secondary N) is 1. The van der Waals surface area contributed by atoms with E-state index in [1.165, 1.54) is 24.0 Å². The molecule has 0 spiro atoms. The van der Waals surface area contributed by atoms with Crippen molar-refractivity contribution in [2.75, 3.05) is 6.54 Å². The fourth-order valence-corrected chi connectivity index (χ4v) is 2.36. The molecule has 0 aromatic carbocycles. The molecule has 1 aromatic rings. The van der Waals surface area contributed by atoms with Crippen LogP contribution in [-0.2, 0) is 0 Å². The molecule has 14 heavy (non-hydrogen) atoms. The summed E-state index contributed by atoms with van der Waals surface area (Å²) in [7, 11) is 0. The minimum absolute atomic E-state index is 0.536. The zero-order chi connectivity index (χ0) is 9.97. The lowest BCUT2D eigenvalue weighted by Crippen LogP contribution is -2.18. The van der Waals surface area contributed by atoms with Crippen LogP contribution in [0.4, 0.5) is 0 Å². The van der Waals surface area contributed by atoms with Crippen LogP contribution in [0, 0.1) is 12.8 Å². The van der Waals surface area contributed by atoms with Gasteiger partial charge >= 0.3 is 0 Å². The monoisotopic (exact) mass is 190 g/mol. The lowest BCUT2D eigenvalue weighted by Gasteiger charge is -2.19. The molecule has 2 heterocycles. The average molecular weight is 190 g/mol. The summed E-state index contributed by atoms with van der Waals surface area (Å²) < 4.78 is 0. The Morgan fingerprint density at radius 2 is 2.43 bits per heavy atom. The number of hydrogen-bond acceptors (Lipinski definition) is 2. The molecule has 2 unspecified atom stereocenters. The molecule has 1 saturated heterocycles. The Kier molecular flexibility index (Phi) is 2.82. The summed E-state index contributed by atoms with van der Waals surface area (Å²) in [6, 6.07) is 2.64. The summed E-state index contributed by atoms with van der Waals surface area (Å²) in [5.74, 6) is 0.790. The molecule has 2 rings (SSSR count). The summed E-state index contributed by atoms with van der Waals surface area (Å²) in [6.07, 6.45) is 6.44. The molecule has 1 aliphatic heterocycles. The van der Waals surface area contributed by atoms with Gasteiger partial charge in [-0.2, -0.15) is 0 Å². The minimum atomic E-state index is 0.536. The molecule has 0 radical (unpaired) electrons. The van der Waals surface area contributed by atoms with Gasteiger partial charge in [0.1, 0.15) is 0 Å². The Bertz CT molecular complexity index is 309. The first-order chi connectivity index (χ1) is 6.83. The van der Waals surface area contributed by atoms with Crippen LogP contribution in [0.5, 0.6) is 0 Å². The van der Waals surface area contributed by atoms with Crippen LogP contribution >= 0.6 is 0 Å². The highest BCUT2D eigenvalue weighted by molar-refractivity contribution is 5.26. The second-order valence-corrected chi connectivity index (χ2v) is 4.12. The van der Waals surface area contributed by atoms with Gasteiger partial charge in [-0.1, -0.05) is 13.3 Å². The van der Waals surface area contributed by atoms with Gasteiger partial charge in [-0.3, -0.25) is 4.98 Å². The summed E-state index contributed by atoms with van der Waals surface area (Å²) in [5, 5.41) is 3.57. The second-order valence-electron chi connectivity index (χ2n) is 4.12. The molecule has 2 atom stereocenters. The van der Waals surface area contributed by atoms with Gasteiger partial charge in [0, 0.05) is 18.4 Å². The first-order valence-electron chi connectivity index (χ1n) is 5.46. The van der Waals surface area contributed by atoms with Crippen LogP contribution in [0.1, 0.15) is 36.9 Å². The minimum Gasteiger partial charge on any atom is -0.310 e. The first-order valence-corrected chi connectivity index (χ1v) is 5.46. The normalized spacial score (nSPS) is 26.7. The van der Waals surface area contributed by atoms with Crippen molar-refractivity contribution in [1.29, 1.82) is 0 Å². The lowest BCUT2D eigenvalue weighted by atomic mass is 9.91. The van der Waals surface area contributed by atoms with E-state index in [0.29, 0.717) is 6.04 Å². The molecule has 1 fully saturated rings. The molecule has 2 nitrogen and oxygen atoms in total. The lowest BCUT2D eigenvalue weighted by molar-refractivity contribution is 0.447. The van der Waals surface area contributed by atoms with Crippen LogP contribution in [0.3, 0.4) is 0 Å². The number of aryl methyl sites for hydroxylation is 1. The second kappa shape index (κ2) is 4.09. The van der Waals surface area contributed by atoms with Crippen molar-refractivity contribution in [3.05, 3.63) is 29.6 Å².